The van der Waals surface area contributed by atoms with Crippen LogP contribution in [0.15, 0.2) is 11.4 Å². The minimum Gasteiger partial charge on any atom is -0.477 e. The van der Waals surface area contributed by atoms with E-state index in [1.807, 2.05) is 0 Å². The third-order valence-corrected chi connectivity index (χ3v) is 4.07. The van der Waals surface area contributed by atoms with Gasteiger partial charge in [-0.2, -0.15) is 13.2 Å². The van der Waals surface area contributed by atoms with Gasteiger partial charge in [-0.25, -0.2) is 4.79 Å². The molecule has 3 heterocycles. The van der Waals surface area contributed by atoms with Gasteiger partial charge in [-0.15, -0.1) is 21.5 Å². The second kappa shape index (κ2) is 4.72. The first-order chi connectivity index (χ1) is 9.86. The Morgan fingerprint density at radius 2 is 2.10 bits per heavy atom. The molecular weight excluding hydrogens is 309 g/mol. The molecule has 0 aliphatic carbocycles. The molecule has 1 aliphatic heterocycles. The van der Waals surface area contributed by atoms with E-state index in [1.165, 1.54) is 6.07 Å². The smallest absolute Gasteiger partial charge is 0.451 e. The maximum Gasteiger partial charge on any atom is 0.451 e. The number of alkyl halides is 3. The van der Waals surface area contributed by atoms with Crippen LogP contribution in [-0.4, -0.2) is 32.4 Å². The quantitative estimate of drug-likeness (QED) is 0.918. The third-order valence-electron chi connectivity index (χ3n) is 3.17. The summed E-state index contributed by atoms with van der Waals surface area (Å²) in [4.78, 5) is 12.8. The molecule has 1 aliphatic rings. The zero-order valence-electron chi connectivity index (χ0n) is 10.5. The monoisotopic (exact) mass is 318 g/mol. The molecule has 21 heavy (non-hydrogen) atoms. The number of anilines is 1. The Balaban J connectivity index is 1.85. The van der Waals surface area contributed by atoms with Gasteiger partial charge in [0.2, 0.25) is 5.82 Å². The first-order valence-corrected chi connectivity index (χ1v) is 6.80. The van der Waals surface area contributed by atoms with E-state index < -0.39 is 18.0 Å². The van der Waals surface area contributed by atoms with Crippen molar-refractivity contribution in [3.8, 4) is 0 Å². The number of aromatic carboxylic acids is 1. The molecule has 0 aromatic carbocycles. The van der Waals surface area contributed by atoms with Crippen LogP contribution in [0, 0.1) is 0 Å². The highest BCUT2D eigenvalue weighted by molar-refractivity contribution is 7.12. The molecule has 0 fully saturated rings. The Kier molecular flexibility index (Phi) is 3.12. The summed E-state index contributed by atoms with van der Waals surface area (Å²) in [6.07, 6.45) is -4.52. The van der Waals surface area contributed by atoms with Crippen LogP contribution >= 0.6 is 11.3 Å². The predicted octanol–water partition coefficient (Wildman–Crippen LogP) is 2.08. The molecule has 3 rings (SSSR count). The van der Waals surface area contributed by atoms with E-state index in [0.29, 0.717) is 12.2 Å². The molecule has 2 aromatic rings. The van der Waals surface area contributed by atoms with Crippen LogP contribution in [-0.2, 0) is 19.3 Å². The van der Waals surface area contributed by atoms with E-state index in [-0.39, 0.29) is 23.8 Å². The van der Waals surface area contributed by atoms with Crippen molar-refractivity contribution in [1.29, 1.82) is 0 Å². The fourth-order valence-corrected chi connectivity index (χ4v) is 2.95. The molecular formula is C11H9F3N4O2S. The minimum atomic E-state index is -4.52. The van der Waals surface area contributed by atoms with Gasteiger partial charge in [-0.1, -0.05) is 0 Å². The van der Waals surface area contributed by atoms with Crippen LogP contribution < -0.4 is 4.90 Å². The Labute approximate surface area is 120 Å². The average molecular weight is 318 g/mol. The lowest BCUT2D eigenvalue weighted by Gasteiger charge is -2.28. The summed E-state index contributed by atoms with van der Waals surface area (Å²) in [7, 11) is 0. The highest BCUT2D eigenvalue weighted by atomic mass is 32.1. The number of thiophene rings is 1. The normalized spacial score (nSPS) is 15.1. The summed E-state index contributed by atoms with van der Waals surface area (Å²) >= 11 is 1.08. The van der Waals surface area contributed by atoms with Gasteiger partial charge in [-0.05, 0) is 6.07 Å². The molecule has 0 atom stereocenters. The lowest BCUT2D eigenvalue weighted by molar-refractivity contribution is -0.147. The van der Waals surface area contributed by atoms with Crippen LogP contribution in [0.25, 0.3) is 0 Å². The van der Waals surface area contributed by atoms with Crippen molar-refractivity contribution in [2.24, 2.45) is 0 Å². The van der Waals surface area contributed by atoms with E-state index in [0.717, 1.165) is 15.9 Å². The largest absolute Gasteiger partial charge is 0.477 e. The number of rotatable bonds is 2. The molecule has 0 bridgehead atoms. The zero-order chi connectivity index (χ0) is 15.2. The van der Waals surface area contributed by atoms with Gasteiger partial charge in [0, 0.05) is 24.2 Å². The van der Waals surface area contributed by atoms with Gasteiger partial charge in [0.25, 0.3) is 0 Å². The number of hydrogen-bond acceptors (Lipinski definition) is 5. The molecule has 1 N–H and O–H groups in total. The molecule has 6 nitrogen and oxygen atoms in total. The third kappa shape index (κ3) is 2.46. The Morgan fingerprint density at radius 3 is 2.71 bits per heavy atom. The van der Waals surface area contributed by atoms with Crippen LogP contribution in [0.2, 0.25) is 0 Å². The standard InChI is InChI=1S/C11H9F3N4O2S/c12-11(13,14)10-16-15-8-4-17(1-2-18(8)10)6-3-7(9(19)20)21-5-6/h3,5H,1-2,4H2,(H,19,20). The number of carboxylic acids is 1. The molecule has 0 saturated carbocycles. The zero-order valence-corrected chi connectivity index (χ0v) is 11.3. The number of hydrogen-bond donors (Lipinski definition) is 1. The Bertz CT molecular complexity index is 694. The van der Waals surface area contributed by atoms with Gasteiger partial charge in [0.1, 0.15) is 4.88 Å². The van der Waals surface area contributed by atoms with Crippen molar-refractivity contribution in [3.05, 3.63) is 28.0 Å². The summed E-state index contributed by atoms with van der Waals surface area (Å²) < 4.78 is 39.2. The number of carboxylic acid groups (broad SMARTS) is 1. The van der Waals surface area contributed by atoms with Crippen molar-refractivity contribution in [3.63, 3.8) is 0 Å². The molecule has 0 spiro atoms. The molecule has 0 amide bonds. The first-order valence-electron chi connectivity index (χ1n) is 5.92. The summed E-state index contributed by atoms with van der Waals surface area (Å²) in [5.41, 5.74) is 0.667. The van der Waals surface area contributed by atoms with Crippen molar-refractivity contribution in [2.75, 3.05) is 11.4 Å². The molecule has 0 unspecified atom stereocenters. The predicted molar refractivity (Wildman–Crippen MR) is 67.4 cm³/mol. The number of fused-ring (bicyclic) bond motifs is 1. The van der Waals surface area contributed by atoms with Crippen molar-refractivity contribution in [2.45, 2.75) is 19.3 Å². The van der Waals surface area contributed by atoms with E-state index in [4.69, 9.17) is 5.11 Å². The van der Waals surface area contributed by atoms with Crippen molar-refractivity contribution < 1.29 is 23.1 Å². The average Bonchev–Trinajstić information content (AvgIpc) is 3.04. The lowest BCUT2D eigenvalue weighted by Crippen LogP contribution is -2.35. The minimum absolute atomic E-state index is 0.107. The van der Waals surface area contributed by atoms with E-state index in [1.54, 1.807) is 10.3 Å². The van der Waals surface area contributed by atoms with Crippen molar-refractivity contribution in [1.82, 2.24) is 14.8 Å². The SMILES string of the molecule is O=C(O)c1cc(N2CCn3c(nnc3C(F)(F)F)C2)cs1. The maximum atomic E-state index is 12.7. The van der Waals surface area contributed by atoms with Crippen LogP contribution in [0.5, 0.6) is 0 Å². The van der Waals surface area contributed by atoms with E-state index >= 15 is 0 Å². The molecule has 0 radical (unpaired) electrons. The van der Waals surface area contributed by atoms with E-state index in [2.05, 4.69) is 10.2 Å². The topological polar surface area (TPSA) is 71.2 Å². The van der Waals surface area contributed by atoms with Gasteiger partial charge in [-0.3, -0.25) is 0 Å². The number of nitrogens with zero attached hydrogens (tertiary/aromatic N) is 4. The second-order valence-electron chi connectivity index (χ2n) is 4.49. The Hall–Kier alpha value is -2.10. The summed E-state index contributed by atoms with van der Waals surface area (Å²) in [5, 5.41) is 17.3. The summed E-state index contributed by atoms with van der Waals surface area (Å²) in [6.45, 7) is 0.609. The number of carbonyl (C=O) groups is 1. The number of halogens is 3. The van der Waals surface area contributed by atoms with Crippen LogP contribution in [0.1, 0.15) is 21.3 Å². The summed E-state index contributed by atoms with van der Waals surface area (Å²) in [5.74, 6) is -1.80. The van der Waals surface area contributed by atoms with Gasteiger partial charge >= 0.3 is 12.1 Å². The Morgan fingerprint density at radius 1 is 1.33 bits per heavy atom. The highest BCUT2D eigenvalue weighted by Crippen LogP contribution is 2.31. The fourth-order valence-electron chi connectivity index (χ4n) is 2.19. The fraction of sp³-hybridized carbons (Fsp3) is 0.364. The second-order valence-corrected chi connectivity index (χ2v) is 5.40. The molecule has 0 saturated heterocycles. The molecule has 10 heteroatoms. The van der Waals surface area contributed by atoms with E-state index in [9.17, 15) is 18.0 Å². The highest BCUT2D eigenvalue weighted by Gasteiger charge is 2.39. The van der Waals surface area contributed by atoms with Gasteiger partial charge < -0.3 is 14.6 Å². The van der Waals surface area contributed by atoms with Crippen molar-refractivity contribution >= 4 is 23.0 Å². The first kappa shape index (κ1) is 13.9. The van der Waals surface area contributed by atoms with Gasteiger partial charge in [0.05, 0.1) is 6.54 Å². The van der Waals surface area contributed by atoms with Crippen LogP contribution in [0.4, 0.5) is 18.9 Å². The van der Waals surface area contributed by atoms with Crippen LogP contribution in [0.3, 0.4) is 0 Å². The molecule has 2 aromatic heterocycles. The maximum absolute atomic E-state index is 12.7. The van der Waals surface area contributed by atoms with Gasteiger partial charge in [0.15, 0.2) is 5.82 Å². The lowest BCUT2D eigenvalue weighted by atomic mass is 10.3. The number of aromatic nitrogens is 3. The summed E-state index contributed by atoms with van der Waals surface area (Å²) in [6, 6.07) is 1.50. The molecule has 112 valence electrons.